The SMILES string of the molecule is [CH2]COCC(C)(C)COC[CH2]. The Labute approximate surface area is 69.9 Å². The molecule has 0 fully saturated rings. The highest BCUT2D eigenvalue weighted by molar-refractivity contribution is 4.66. The maximum absolute atomic E-state index is 5.18. The largest absolute Gasteiger partial charge is 0.381 e. The minimum atomic E-state index is 0.0787. The van der Waals surface area contributed by atoms with E-state index >= 15 is 0 Å². The van der Waals surface area contributed by atoms with Crippen molar-refractivity contribution in [3.8, 4) is 0 Å². The molecular weight excluding hydrogens is 140 g/mol. The van der Waals surface area contributed by atoms with Crippen LogP contribution in [0.25, 0.3) is 0 Å². The fraction of sp³-hybridized carbons (Fsp3) is 0.778. The highest BCUT2D eigenvalue weighted by Gasteiger charge is 2.17. The summed E-state index contributed by atoms with van der Waals surface area (Å²) in [6.07, 6.45) is 0. The fourth-order valence-electron chi connectivity index (χ4n) is 0.739. The van der Waals surface area contributed by atoms with Crippen LogP contribution in [-0.4, -0.2) is 26.4 Å². The van der Waals surface area contributed by atoms with Crippen molar-refractivity contribution < 1.29 is 9.47 Å². The van der Waals surface area contributed by atoms with Crippen LogP contribution in [0.5, 0.6) is 0 Å². The van der Waals surface area contributed by atoms with Gasteiger partial charge in [-0.15, -0.1) is 0 Å². The molecule has 0 saturated heterocycles. The van der Waals surface area contributed by atoms with Gasteiger partial charge in [-0.25, -0.2) is 0 Å². The summed E-state index contributed by atoms with van der Waals surface area (Å²) >= 11 is 0. The Hall–Kier alpha value is -0.0800. The van der Waals surface area contributed by atoms with Gasteiger partial charge in [-0.3, -0.25) is 0 Å². The third-order valence-corrected chi connectivity index (χ3v) is 1.27. The molecule has 0 bridgehead atoms. The smallest absolute Gasteiger partial charge is 0.0539 e. The molecule has 2 nitrogen and oxygen atoms in total. The van der Waals surface area contributed by atoms with Crippen LogP contribution in [0.1, 0.15) is 13.8 Å². The molecule has 0 rings (SSSR count). The molecule has 11 heavy (non-hydrogen) atoms. The standard InChI is InChI=1S/C9H18O2/c1-5-10-7-9(3,4)8-11-6-2/h1-2,5-8H2,3-4H3. The van der Waals surface area contributed by atoms with Crippen LogP contribution >= 0.6 is 0 Å². The number of hydrogen-bond donors (Lipinski definition) is 0. The van der Waals surface area contributed by atoms with Gasteiger partial charge >= 0.3 is 0 Å². The summed E-state index contributed by atoms with van der Waals surface area (Å²) in [5.41, 5.74) is 0.0787. The second-order valence-electron chi connectivity index (χ2n) is 3.27. The van der Waals surface area contributed by atoms with E-state index in [0.29, 0.717) is 26.4 Å². The molecule has 0 aliphatic heterocycles. The van der Waals surface area contributed by atoms with E-state index in [1.807, 2.05) is 0 Å². The lowest BCUT2D eigenvalue weighted by Crippen LogP contribution is -2.25. The third-order valence-electron chi connectivity index (χ3n) is 1.27. The molecule has 0 heterocycles. The molecule has 2 heteroatoms. The van der Waals surface area contributed by atoms with Gasteiger partial charge in [0.2, 0.25) is 0 Å². The van der Waals surface area contributed by atoms with Crippen LogP contribution in [0.2, 0.25) is 0 Å². The minimum absolute atomic E-state index is 0.0787. The van der Waals surface area contributed by atoms with Crippen molar-refractivity contribution in [1.29, 1.82) is 0 Å². The normalized spacial score (nSPS) is 12.0. The number of hydrogen-bond acceptors (Lipinski definition) is 2. The van der Waals surface area contributed by atoms with E-state index in [9.17, 15) is 0 Å². The predicted octanol–water partition coefficient (Wildman–Crippen LogP) is 1.71. The van der Waals surface area contributed by atoms with Crippen LogP contribution in [0.15, 0.2) is 0 Å². The van der Waals surface area contributed by atoms with Gasteiger partial charge in [0.15, 0.2) is 0 Å². The van der Waals surface area contributed by atoms with Gasteiger partial charge < -0.3 is 9.47 Å². The lowest BCUT2D eigenvalue weighted by atomic mass is 9.96. The van der Waals surface area contributed by atoms with Gasteiger partial charge in [-0.05, 0) is 13.8 Å². The van der Waals surface area contributed by atoms with Gasteiger partial charge in [-0.2, -0.15) is 0 Å². The molecule has 0 aromatic heterocycles. The topological polar surface area (TPSA) is 18.5 Å². The van der Waals surface area contributed by atoms with Gasteiger partial charge in [0.25, 0.3) is 0 Å². The minimum Gasteiger partial charge on any atom is -0.381 e. The van der Waals surface area contributed by atoms with E-state index in [0.717, 1.165) is 0 Å². The Bertz CT molecular complexity index is 79.6. The predicted molar refractivity (Wildman–Crippen MR) is 46.1 cm³/mol. The third kappa shape index (κ3) is 6.32. The summed E-state index contributed by atoms with van der Waals surface area (Å²) in [6.45, 7) is 13.8. The van der Waals surface area contributed by atoms with Crippen molar-refractivity contribution in [3.63, 3.8) is 0 Å². The molecular formula is C9H18O2. The van der Waals surface area contributed by atoms with E-state index in [-0.39, 0.29) is 5.41 Å². The molecule has 0 aromatic carbocycles. The summed E-state index contributed by atoms with van der Waals surface area (Å²) in [7, 11) is 0. The Kier molecular flexibility index (Phi) is 5.51. The fourth-order valence-corrected chi connectivity index (χ4v) is 0.739. The zero-order valence-corrected chi connectivity index (χ0v) is 7.56. The van der Waals surface area contributed by atoms with Crippen molar-refractivity contribution >= 4 is 0 Å². The quantitative estimate of drug-likeness (QED) is 0.586. The van der Waals surface area contributed by atoms with E-state index in [1.54, 1.807) is 0 Å². The molecule has 0 aromatic rings. The number of ether oxygens (including phenoxy) is 2. The van der Waals surface area contributed by atoms with Gasteiger partial charge in [0, 0.05) is 18.6 Å². The van der Waals surface area contributed by atoms with Crippen molar-refractivity contribution in [3.05, 3.63) is 13.8 Å². The zero-order chi connectivity index (χ0) is 8.74. The van der Waals surface area contributed by atoms with E-state index in [4.69, 9.17) is 9.47 Å². The van der Waals surface area contributed by atoms with Crippen LogP contribution in [0.3, 0.4) is 0 Å². The lowest BCUT2D eigenvalue weighted by molar-refractivity contribution is 0.0116. The molecule has 66 valence electrons. The van der Waals surface area contributed by atoms with E-state index in [1.165, 1.54) is 0 Å². The average Bonchev–Trinajstić information content (AvgIpc) is 1.97. The van der Waals surface area contributed by atoms with Crippen molar-refractivity contribution in [1.82, 2.24) is 0 Å². The molecule has 0 spiro atoms. The molecule has 0 N–H and O–H groups in total. The monoisotopic (exact) mass is 158 g/mol. The summed E-state index contributed by atoms with van der Waals surface area (Å²) in [6, 6.07) is 0. The molecule has 0 aliphatic rings. The van der Waals surface area contributed by atoms with Gasteiger partial charge in [0.05, 0.1) is 13.2 Å². The first-order valence-electron chi connectivity index (χ1n) is 3.86. The molecule has 2 radical (unpaired) electrons. The highest BCUT2D eigenvalue weighted by Crippen LogP contribution is 2.15. The first-order valence-corrected chi connectivity index (χ1v) is 3.86. The van der Waals surface area contributed by atoms with Crippen LogP contribution < -0.4 is 0 Å². The van der Waals surface area contributed by atoms with Crippen molar-refractivity contribution in [2.75, 3.05) is 26.4 Å². The Morgan fingerprint density at radius 1 is 1.00 bits per heavy atom. The Balaban J connectivity index is 3.43. The van der Waals surface area contributed by atoms with Gasteiger partial charge in [-0.1, -0.05) is 13.8 Å². The average molecular weight is 158 g/mol. The van der Waals surface area contributed by atoms with E-state index < -0.39 is 0 Å². The Morgan fingerprint density at radius 2 is 1.36 bits per heavy atom. The van der Waals surface area contributed by atoms with Crippen LogP contribution in [-0.2, 0) is 9.47 Å². The number of rotatable bonds is 6. The highest BCUT2D eigenvalue weighted by atomic mass is 16.5. The summed E-state index contributed by atoms with van der Waals surface area (Å²) in [5, 5.41) is 0. The maximum atomic E-state index is 5.18. The maximum Gasteiger partial charge on any atom is 0.0539 e. The zero-order valence-electron chi connectivity index (χ0n) is 7.56. The van der Waals surface area contributed by atoms with Crippen molar-refractivity contribution in [2.45, 2.75) is 13.8 Å². The molecule has 0 saturated carbocycles. The lowest BCUT2D eigenvalue weighted by Gasteiger charge is -2.23. The van der Waals surface area contributed by atoms with Gasteiger partial charge in [0.1, 0.15) is 0 Å². The van der Waals surface area contributed by atoms with Crippen molar-refractivity contribution in [2.24, 2.45) is 5.41 Å². The second kappa shape index (κ2) is 5.56. The Morgan fingerprint density at radius 3 is 1.64 bits per heavy atom. The summed E-state index contributed by atoms with van der Waals surface area (Å²) in [4.78, 5) is 0. The first kappa shape index (κ1) is 10.9. The first-order chi connectivity index (χ1) is 5.12. The molecule has 0 aliphatic carbocycles. The van der Waals surface area contributed by atoms with E-state index in [2.05, 4.69) is 27.7 Å². The van der Waals surface area contributed by atoms with Crippen LogP contribution in [0, 0.1) is 19.3 Å². The molecule has 0 amide bonds. The second-order valence-corrected chi connectivity index (χ2v) is 3.27. The summed E-state index contributed by atoms with van der Waals surface area (Å²) in [5.74, 6) is 0. The summed E-state index contributed by atoms with van der Waals surface area (Å²) < 4.78 is 10.4. The van der Waals surface area contributed by atoms with Crippen LogP contribution in [0.4, 0.5) is 0 Å². The molecule has 0 unspecified atom stereocenters. The molecule has 0 atom stereocenters.